The first-order valence-corrected chi connectivity index (χ1v) is 11.7. The Morgan fingerprint density at radius 3 is 1.56 bits per heavy atom. The van der Waals surface area contributed by atoms with Gasteiger partial charge in [0, 0.05) is 22.3 Å². The van der Waals surface area contributed by atoms with E-state index in [0.29, 0.717) is 28.7 Å². The summed E-state index contributed by atoms with van der Waals surface area (Å²) in [5.41, 5.74) is 6.18. The lowest BCUT2D eigenvalue weighted by Crippen LogP contribution is -2.04. The summed E-state index contributed by atoms with van der Waals surface area (Å²) >= 11 is 0. The van der Waals surface area contributed by atoms with Gasteiger partial charge in [0.2, 0.25) is 9.84 Å². The molecule has 0 saturated heterocycles. The van der Waals surface area contributed by atoms with Crippen molar-refractivity contribution in [3.63, 3.8) is 0 Å². The van der Waals surface area contributed by atoms with Gasteiger partial charge < -0.3 is 0 Å². The van der Waals surface area contributed by atoms with Crippen molar-refractivity contribution >= 4 is 31.9 Å². The van der Waals surface area contributed by atoms with Crippen LogP contribution in [0.4, 0.5) is 0 Å². The highest BCUT2D eigenvalue weighted by atomic mass is 32.2. The summed E-state index contributed by atoms with van der Waals surface area (Å²) in [6.07, 6.45) is 0.540. The van der Waals surface area contributed by atoms with Crippen molar-refractivity contribution in [2.75, 3.05) is 0 Å². The number of ketones is 2. The lowest BCUT2D eigenvalue weighted by molar-refractivity contribution is 0.100. The summed E-state index contributed by atoms with van der Waals surface area (Å²) in [6, 6.07) is 21.8. The third-order valence-electron chi connectivity index (χ3n) is 5.13. The minimum absolute atomic E-state index is 0.0336. The Balaban J connectivity index is 2.28. The second kappa shape index (κ2) is 9.73. The molecule has 0 fully saturated rings. The van der Waals surface area contributed by atoms with Crippen LogP contribution in [0.25, 0.3) is 10.5 Å². The lowest BCUT2D eigenvalue weighted by Gasteiger charge is -2.10. The number of Topliss-reactive ketones (excluding diaryl/α,β-unsaturated/α-hetero) is 2. The summed E-state index contributed by atoms with van der Waals surface area (Å²) in [7, 11) is -3.88. The summed E-state index contributed by atoms with van der Waals surface area (Å²) < 4.78 is 27.1. The smallest absolute Gasteiger partial charge is 0.214 e. The second-order valence-electron chi connectivity index (χ2n) is 7.37. The van der Waals surface area contributed by atoms with Gasteiger partial charge in [-0.1, -0.05) is 79.4 Å². The van der Waals surface area contributed by atoms with Crippen molar-refractivity contribution < 1.29 is 18.0 Å². The summed E-state index contributed by atoms with van der Waals surface area (Å²) in [6.45, 7) is 4.89. The molecule has 0 saturated carbocycles. The van der Waals surface area contributed by atoms with E-state index in [4.69, 9.17) is 0 Å². The van der Waals surface area contributed by atoms with Crippen molar-refractivity contribution in [2.45, 2.75) is 32.1 Å². The van der Waals surface area contributed by atoms with Crippen molar-refractivity contribution in [3.8, 4) is 0 Å². The second-order valence-corrected chi connectivity index (χ2v) is 9.26. The normalized spacial score (nSPS) is 10.8. The molecule has 0 atom stereocenters. The molecule has 0 radical (unpaired) electrons. The molecule has 0 aliphatic rings. The summed E-state index contributed by atoms with van der Waals surface area (Å²) in [5.74, 6) is -0.129. The van der Waals surface area contributed by atoms with Crippen LogP contribution in [0.5, 0.6) is 0 Å². The maximum atomic E-state index is 13.6. The summed E-state index contributed by atoms with van der Waals surface area (Å²) in [4.78, 5) is 23.5. The number of carbonyl (C=O) groups is 2. The van der Waals surface area contributed by atoms with E-state index >= 15 is 0 Å². The molecule has 3 rings (SSSR count). The van der Waals surface area contributed by atoms with Gasteiger partial charge in [-0.25, -0.2) is 8.42 Å². The topological polar surface area (TPSA) is 68.3 Å². The average molecular weight is 445 g/mol. The molecule has 0 N–H and O–H groups in total. The predicted octanol–water partition coefficient (Wildman–Crippen LogP) is 6.00. The molecule has 0 aliphatic carbocycles. The summed E-state index contributed by atoms with van der Waals surface area (Å²) in [5, 5.41) is 0. The molecular weight excluding hydrogens is 420 g/mol. The Bertz CT molecular complexity index is 1310. The van der Waals surface area contributed by atoms with E-state index in [-0.39, 0.29) is 21.4 Å². The number of sulfone groups is 1. The number of benzene rings is 3. The zero-order chi connectivity index (χ0) is 23.3. The van der Waals surface area contributed by atoms with Crippen LogP contribution in [0, 0.1) is 0 Å². The van der Waals surface area contributed by atoms with Crippen LogP contribution in [-0.2, 0) is 9.84 Å². The number of hydrogen-bond acceptors (Lipinski definition) is 4. The molecule has 0 aromatic heterocycles. The number of rotatable bonds is 7. The highest BCUT2D eigenvalue weighted by Gasteiger charge is 2.23. The van der Waals surface area contributed by atoms with Crippen LogP contribution in [0.2, 0.25) is 0 Å². The molecule has 0 spiro atoms. The van der Waals surface area contributed by atoms with E-state index in [1.807, 2.05) is 6.92 Å². The standard InChI is InChI=1S/C27H24O4S/c1-4-21(24-14-10-22(11-15-24)19(2)28)18-27(25-16-12-23(13-17-25)20(3)29)32(30,31)26-8-6-5-7-9-26/h5-17H,4H2,1-3H3. The van der Waals surface area contributed by atoms with Crippen LogP contribution >= 0.6 is 0 Å². The molecule has 0 aliphatic heterocycles. The van der Waals surface area contributed by atoms with Crippen LogP contribution < -0.4 is 0 Å². The largest absolute Gasteiger partial charge is 0.295 e. The van der Waals surface area contributed by atoms with Crippen LogP contribution in [0.15, 0.2) is 89.5 Å². The van der Waals surface area contributed by atoms with Crippen LogP contribution in [0.3, 0.4) is 0 Å². The fourth-order valence-corrected chi connectivity index (χ4v) is 4.73. The molecule has 0 heterocycles. The number of allylic oxidation sites excluding steroid dienone is 1. The molecule has 0 amide bonds. The number of hydrogen-bond donors (Lipinski definition) is 0. The van der Waals surface area contributed by atoms with Crippen molar-refractivity contribution in [2.24, 2.45) is 0 Å². The van der Waals surface area contributed by atoms with E-state index in [2.05, 4.69) is 5.73 Å². The number of carbonyl (C=O) groups excluding carboxylic acids is 2. The van der Waals surface area contributed by atoms with Crippen molar-refractivity contribution in [1.82, 2.24) is 0 Å². The van der Waals surface area contributed by atoms with Gasteiger partial charge in [0.15, 0.2) is 11.6 Å². The van der Waals surface area contributed by atoms with Crippen molar-refractivity contribution in [1.29, 1.82) is 0 Å². The Hall–Kier alpha value is -3.53. The minimum atomic E-state index is -3.88. The first-order valence-electron chi connectivity index (χ1n) is 10.3. The predicted molar refractivity (Wildman–Crippen MR) is 127 cm³/mol. The van der Waals surface area contributed by atoms with E-state index in [1.54, 1.807) is 78.9 Å². The van der Waals surface area contributed by atoms with Gasteiger partial charge in [-0.2, -0.15) is 0 Å². The lowest BCUT2D eigenvalue weighted by atomic mass is 10.0. The van der Waals surface area contributed by atoms with E-state index < -0.39 is 9.84 Å². The zero-order valence-corrected chi connectivity index (χ0v) is 19.1. The van der Waals surface area contributed by atoms with Crippen LogP contribution in [0.1, 0.15) is 59.0 Å². The van der Waals surface area contributed by atoms with E-state index in [9.17, 15) is 18.0 Å². The maximum absolute atomic E-state index is 13.6. The highest BCUT2D eigenvalue weighted by Crippen LogP contribution is 2.30. The third kappa shape index (κ3) is 5.02. The first kappa shape index (κ1) is 23.1. The Morgan fingerprint density at radius 1 is 0.688 bits per heavy atom. The molecule has 32 heavy (non-hydrogen) atoms. The molecule has 4 nitrogen and oxygen atoms in total. The fraction of sp³-hybridized carbons (Fsp3) is 0.148. The third-order valence-corrected chi connectivity index (χ3v) is 6.90. The van der Waals surface area contributed by atoms with Gasteiger partial charge in [-0.15, -0.1) is 0 Å². The molecule has 3 aromatic carbocycles. The molecule has 0 bridgehead atoms. The quantitative estimate of drug-likeness (QED) is 0.331. The van der Waals surface area contributed by atoms with Gasteiger partial charge in [0.05, 0.1) is 4.90 Å². The SMILES string of the molecule is CCC(=C=C(c1ccc(C(C)=O)cc1)S(=O)(=O)c1ccccc1)c1ccc(C(C)=O)cc1. The van der Waals surface area contributed by atoms with Crippen LogP contribution in [-0.4, -0.2) is 20.0 Å². The minimum Gasteiger partial charge on any atom is -0.295 e. The van der Waals surface area contributed by atoms with E-state index in [1.165, 1.54) is 13.8 Å². The van der Waals surface area contributed by atoms with Gasteiger partial charge in [-0.3, -0.25) is 9.59 Å². The van der Waals surface area contributed by atoms with Crippen molar-refractivity contribution in [3.05, 3.63) is 107 Å². The molecule has 162 valence electrons. The Kier molecular flexibility index (Phi) is 7.04. The Morgan fingerprint density at radius 2 is 1.12 bits per heavy atom. The zero-order valence-electron chi connectivity index (χ0n) is 18.3. The first-order chi connectivity index (χ1) is 15.2. The molecule has 5 heteroatoms. The van der Waals surface area contributed by atoms with Gasteiger partial charge in [0.1, 0.15) is 4.91 Å². The fourth-order valence-electron chi connectivity index (χ4n) is 3.28. The molecular formula is C27H24O4S. The molecule has 3 aromatic rings. The van der Waals surface area contributed by atoms with Gasteiger partial charge >= 0.3 is 0 Å². The van der Waals surface area contributed by atoms with Gasteiger partial charge in [0.25, 0.3) is 0 Å². The average Bonchev–Trinajstić information content (AvgIpc) is 2.80. The van der Waals surface area contributed by atoms with Gasteiger partial charge in [-0.05, 0) is 38.0 Å². The Labute approximate surface area is 188 Å². The van der Waals surface area contributed by atoms with E-state index in [0.717, 1.165) is 5.56 Å². The highest BCUT2D eigenvalue weighted by molar-refractivity contribution is 8.00. The maximum Gasteiger partial charge on any atom is 0.214 e. The monoisotopic (exact) mass is 444 g/mol. The molecule has 0 unspecified atom stereocenters.